The molecule has 0 aliphatic carbocycles. The van der Waals surface area contributed by atoms with E-state index in [0.717, 1.165) is 22.0 Å². The molecule has 0 saturated heterocycles. The highest BCUT2D eigenvalue weighted by Gasteiger charge is 2.30. The second-order valence-corrected chi connectivity index (χ2v) is 6.06. The van der Waals surface area contributed by atoms with Gasteiger partial charge in [0.1, 0.15) is 6.54 Å². The Bertz CT molecular complexity index is 401. The highest BCUT2D eigenvalue weighted by Crippen LogP contribution is 2.27. The number of anilines is 1. The third-order valence-electron chi connectivity index (χ3n) is 2.46. The molecule has 7 heteroatoms. The van der Waals surface area contributed by atoms with Crippen molar-refractivity contribution in [2.24, 2.45) is 5.92 Å². The van der Waals surface area contributed by atoms with Gasteiger partial charge in [-0.05, 0) is 19.4 Å². The van der Waals surface area contributed by atoms with E-state index in [9.17, 15) is 13.2 Å². The smallest absolute Gasteiger partial charge is 0.342 e. The van der Waals surface area contributed by atoms with E-state index in [1.165, 1.54) is 18.4 Å². The van der Waals surface area contributed by atoms with Crippen molar-refractivity contribution in [2.75, 3.05) is 25.0 Å². The minimum absolute atomic E-state index is 0.413. The standard InChI is InChI=1S/C12H20F3N3S/c1-8(2)5-16-6-10-9(3)17-11(19-10)18(4)7-12(13,14)15/h8,16H,5-7H2,1-4H3. The van der Waals surface area contributed by atoms with Crippen LogP contribution < -0.4 is 10.2 Å². The molecule has 1 aromatic heterocycles. The maximum absolute atomic E-state index is 12.3. The van der Waals surface area contributed by atoms with Gasteiger partial charge in [-0.2, -0.15) is 13.2 Å². The molecule has 19 heavy (non-hydrogen) atoms. The Morgan fingerprint density at radius 2 is 2.00 bits per heavy atom. The van der Waals surface area contributed by atoms with Crippen LogP contribution in [0.5, 0.6) is 0 Å². The van der Waals surface area contributed by atoms with Crippen LogP contribution in [0.1, 0.15) is 24.4 Å². The zero-order valence-electron chi connectivity index (χ0n) is 11.6. The third-order valence-corrected chi connectivity index (χ3v) is 3.73. The van der Waals surface area contributed by atoms with Crippen LogP contribution in [0.4, 0.5) is 18.3 Å². The van der Waals surface area contributed by atoms with Crippen LogP contribution in [-0.4, -0.2) is 31.3 Å². The third kappa shape index (κ3) is 5.78. The largest absolute Gasteiger partial charge is 0.405 e. The van der Waals surface area contributed by atoms with Crippen LogP contribution in [0.3, 0.4) is 0 Å². The van der Waals surface area contributed by atoms with Gasteiger partial charge in [0.05, 0.1) is 5.69 Å². The molecule has 1 aromatic rings. The summed E-state index contributed by atoms with van der Waals surface area (Å²) in [6.07, 6.45) is -4.20. The van der Waals surface area contributed by atoms with Crippen molar-refractivity contribution in [3.63, 3.8) is 0 Å². The highest BCUT2D eigenvalue weighted by molar-refractivity contribution is 7.15. The molecule has 0 saturated carbocycles. The van der Waals surface area contributed by atoms with E-state index in [1.54, 1.807) is 0 Å². The van der Waals surface area contributed by atoms with Crippen molar-refractivity contribution in [3.05, 3.63) is 10.6 Å². The lowest BCUT2D eigenvalue weighted by Gasteiger charge is -2.17. The summed E-state index contributed by atoms with van der Waals surface area (Å²) in [4.78, 5) is 6.33. The van der Waals surface area contributed by atoms with Gasteiger partial charge >= 0.3 is 6.18 Å². The molecule has 1 heterocycles. The predicted molar refractivity (Wildman–Crippen MR) is 72.7 cm³/mol. The number of rotatable bonds is 6. The minimum atomic E-state index is -4.20. The van der Waals surface area contributed by atoms with E-state index in [-0.39, 0.29) is 0 Å². The van der Waals surface area contributed by atoms with E-state index >= 15 is 0 Å². The Morgan fingerprint density at radius 3 is 2.53 bits per heavy atom. The van der Waals surface area contributed by atoms with Crippen molar-refractivity contribution in [2.45, 2.75) is 33.5 Å². The van der Waals surface area contributed by atoms with Gasteiger partial charge < -0.3 is 10.2 Å². The molecule has 0 bridgehead atoms. The first kappa shape index (κ1) is 16.2. The number of hydrogen-bond donors (Lipinski definition) is 1. The summed E-state index contributed by atoms with van der Waals surface area (Å²) in [5.41, 5.74) is 0.797. The number of halogens is 3. The molecule has 1 N–H and O–H groups in total. The lowest BCUT2D eigenvalue weighted by atomic mass is 10.2. The molecular weight excluding hydrogens is 275 g/mol. The topological polar surface area (TPSA) is 28.2 Å². The maximum atomic E-state index is 12.3. The number of hydrogen-bond acceptors (Lipinski definition) is 4. The van der Waals surface area contributed by atoms with Gasteiger partial charge in [0, 0.05) is 18.5 Å². The number of aryl methyl sites for hydroxylation is 1. The minimum Gasteiger partial charge on any atom is -0.342 e. The summed E-state index contributed by atoms with van der Waals surface area (Å²) in [7, 11) is 1.41. The van der Waals surface area contributed by atoms with Gasteiger partial charge in [-0.25, -0.2) is 4.98 Å². The van der Waals surface area contributed by atoms with Gasteiger partial charge in [-0.3, -0.25) is 0 Å². The van der Waals surface area contributed by atoms with Crippen LogP contribution >= 0.6 is 11.3 Å². The first-order valence-electron chi connectivity index (χ1n) is 6.14. The normalized spacial score (nSPS) is 12.2. The lowest BCUT2D eigenvalue weighted by molar-refractivity contribution is -0.119. The van der Waals surface area contributed by atoms with Crippen LogP contribution in [0.2, 0.25) is 0 Å². The maximum Gasteiger partial charge on any atom is 0.405 e. The quantitative estimate of drug-likeness (QED) is 0.873. The fraction of sp³-hybridized carbons (Fsp3) is 0.750. The summed E-state index contributed by atoms with van der Waals surface area (Å²) in [6, 6.07) is 0. The lowest BCUT2D eigenvalue weighted by Crippen LogP contribution is -2.30. The molecule has 3 nitrogen and oxygen atoms in total. The van der Waals surface area contributed by atoms with E-state index in [0.29, 0.717) is 17.6 Å². The molecule has 0 amide bonds. The van der Waals surface area contributed by atoms with Crippen LogP contribution in [0.15, 0.2) is 0 Å². The molecule has 0 aliphatic rings. The fourth-order valence-electron chi connectivity index (χ4n) is 1.55. The molecule has 0 fully saturated rings. The summed E-state index contributed by atoms with van der Waals surface area (Å²) in [6.45, 7) is 6.60. The highest BCUT2D eigenvalue weighted by atomic mass is 32.1. The van der Waals surface area contributed by atoms with Crippen LogP contribution in [0, 0.1) is 12.8 Å². The number of nitrogens with one attached hydrogen (secondary N) is 1. The average Bonchev–Trinajstić information content (AvgIpc) is 2.57. The molecule has 0 unspecified atom stereocenters. The first-order valence-corrected chi connectivity index (χ1v) is 6.95. The summed E-state index contributed by atoms with van der Waals surface area (Å²) >= 11 is 1.31. The second-order valence-electron chi connectivity index (χ2n) is 5.00. The Labute approximate surface area is 115 Å². The molecule has 1 rings (SSSR count). The van der Waals surface area contributed by atoms with E-state index in [2.05, 4.69) is 24.1 Å². The molecule has 0 aromatic carbocycles. The molecule has 0 radical (unpaired) electrons. The zero-order valence-corrected chi connectivity index (χ0v) is 12.5. The Hall–Kier alpha value is -0.820. The number of aromatic nitrogens is 1. The number of thiazole rings is 1. The number of nitrogens with zero attached hydrogens (tertiary/aromatic N) is 2. The van der Waals surface area contributed by atoms with Gasteiger partial charge in [-0.1, -0.05) is 13.8 Å². The zero-order chi connectivity index (χ0) is 14.6. The molecule has 0 atom stereocenters. The number of alkyl halides is 3. The van der Waals surface area contributed by atoms with Gasteiger partial charge in [0.15, 0.2) is 5.13 Å². The van der Waals surface area contributed by atoms with Crippen molar-refractivity contribution < 1.29 is 13.2 Å². The Morgan fingerprint density at radius 1 is 1.37 bits per heavy atom. The molecule has 0 aliphatic heterocycles. The van der Waals surface area contributed by atoms with E-state index in [4.69, 9.17) is 0 Å². The van der Waals surface area contributed by atoms with Crippen LogP contribution in [-0.2, 0) is 6.54 Å². The van der Waals surface area contributed by atoms with Crippen molar-refractivity contribution in [3.8, 4) is 0 Å². The summed E-state index contributed by atoms with van der Waals surface area (Å²) in [5.74, 6) is 0.542. The van der Waals surface area contributed by atoms with E-state index < -0.39 is 12.7 Å². The van der Waals surface area contributed by atoms with E-state index in [1.807, 2.05) is 6.92 Å². The predicted octanol–water partition coefficient (Wildman–Crippen LogP) is 3.20. The first-order chi connectivity index (χ1) is 8.69. The van der Waals surface area contributed by atoms with Gasteiger partial charge in [-0.15, -0.1) is 11.3 Å². The molecular formula is C12H20F3N3S. The average molecular weight is 295 g/mol. The summed E-state index contributed by atoms with van der Waals surface area (Å²) < 4.78 is 36.9. The molecule has 0 spiro atoms. The monoisotopic (exact) mass is 295 g/mol. The van der Waals surface area contributed by atoms with Crippen molar-refractivity contribution >= 4 is 16.5 Å². The van der Waals surface area contributed by atoms with Crippen LogP contribution in [0.25, 0.3) is 0 Å². The second kappa shape index (κ2) is 6.56. The van der Waals surface area contributed by atoms with Gasteiger partial charge in [0.25, 0.3) is 0 Å². The van der Waals surface area contributed by atoms with Crippen molar-refractivity contribution in [1.29, 1.82) is 0 Å². The SMILES string of the molecule is Cc1nc(N(C)CC(F)(F)F)sc1CNCC(C)C. The van der Waals surface area contributed by atoms with Crippen molar-refractivity contribution in [1.82, 2.24) is 10.3 Å². The Balaban J connectivity index is 2.62. The summed E-state index contributed by atoms with van der Waals surface area (Å²) in [5, 5.41) is 3.69. The van der Waals surface area contributed by atoms with Gasteiger partial charge in [0.2, 0.25) is 0 Å². The molecule has 110 valence electrons. The Kier molecular flexibility index (Phi) is 5.61. The fourth-order valence-corrected chi connectivity index (χ4v) is 2.54.